The van der Waals surface area contributed by atoms with Crippen LogP contribution in [0.4, 0.5) is 5.82 Å². The van der Waals surface area contributed by atoms with E-state index in [4.69, 9.17) is 11.6 Å². The minimum Gasteiger partial charge on any atom is -0.387 e. The molecule has 1 aromatic carbocycles. The van der Waals surface area contributed by atoms with E-state index in [0.717, 1.165) is 29.8 Å². The van der Waals surface area contributed by atoms with Gasteiger partial charge in [-0.15, -0.1) is 5.10 Å². The van der Waals surface area contributed by atoms with Gasteiger partial charge in [0.1, 0.15) is 11.5 Å². The Morgan fingerprint density at radius 1 is 1.36 bits per heavy atom. The van der Waals surface area contributed by atoms with Crippen LogP contribution in [0.5, 0.6) is 0 Å². The van der Waals surface area contributed by atoms with E-state index in [-0.39, 0.29) is 6.04 Å². The standard InChI is InChI=1S/C17H15ClN6O/c1-10(25)16-9-24(22-21-16)13-7-23(8-13)17-4-11(6-19)14-5-12(18)2-3-15(14)20-17/h2-5,9-10,13,25H,7-8H2,1H3/t10-/m1/s1. The van der Waals surface area contributed by atoms with Crippen LogP contribution < -0.4 is 4.90 Å². The molecule has 4 rings (SSSR count). The Morgan fingerprint density at radius 3 is 2.84 bits per heavy atom. The molecule has 3 aromatic rings. The molecule has 0 spiro atoms. The molecule has 126 valence electrons. The number of halogens is 1. The monoisotopic (exact) mass is 354 g/mol. The molecule has 1 N–H and O–H groups in total. The molecular weight excluding hydrogens is 340 g/mol. The molecular formula is C17H15ClN6O. The van der Waals surface area contributed by atoms with Crippen LogP contribution in [-0.4, -0.2) is 38.2 Å². The Hall–Kier alpha value is -2.69. The zero-order valence-electron chi connectivity index (χ0n) is 13.5. The van der Waals surface area contributed by atoms with Gasteiger partial charge in [0.15, 0.2) is 0 Å². The predicted octanol–water partition coefficient (Wildman–Crippen LogP) is 2.47. The lowest BCUT2D eigenvalue weighted by atomic mass is 10.1. The van der Waals surface area contributed by atoms with Crippen molar-refractivity contribution in [2.75, 3.05) is 18.0 Å². The highest BCUT2D eigenvalue weighted by Gasteiger charge is 2.31. The van der Waals surface area contributed by atoms with Crippen LogP contribution in [0.2, 0.25) is 5.02 Å². The lowest BCUT2D eigenvalue weighted by Crippen LogP contribution is -2.48. The molecule has 1 atom stereocenters. The van der Waals surface area contributed by atoms with E-state index in [1.807, 2.05) is 6.07 Å². The van der Waals surface area contributed by atoms with Gasteiger partial charge in [-0.25, -0.2) is 9.67 Å². The molecule has 8 heteroatoms. The maximum Gasteiger partial charge on any atom is 0.130 e. The molecule has 0 amide bonds. The average molecular weight is 355 g/mol. The van der Waals surface area contributed by atoms with Gasteiger partial charge in [-0.05, 0) is 31.2 Å². The van der Waals surface area contributed by atoms with Crippen molar-refractivity contribution in [1.82, 2.24) is 20.0 Å². The number of nitrogens with zero attached hydrogens (tertiary/aromatic N) is 6. The highest BCUT2D eigenvalue weighted by Crippen LogP contribution is 2.30. The van der Waals surface area contributed by atoms with Gasteiger partial charge < -0.3 is 10.0 Å². The zero-order valence-corrected chi connectivity index (χ0v) is 14.2. The first kappa shape index (κ1) is 15.8. The number of fused-ring (bicyclic) bond motifs is 1. The second-order valence-corrected chi connectivity index (χ2v) is 6.60. The fraction of sp³-hybridized carbons (Fsp3) is 0.294. The first-order valence-electron chi connectivity index (χ1n) is 7.90. The van der Waals surface area contributed by atoms with E-state index >= 15 is 0 Å². The lowest BCUT2D eigenvalue weighted by molar-refractivity contribution is 0.194. The molecule has 1 saturated heterocycles. The van der Waals surface area contributed by atoms with E-state index in [0.29, 0.717) is 16.3 Å². The molecule has 0 saturated carbocycles. The van der Waals surface area contributed by atoms with Gasteiger partial charge in [0.25, 0.3) is 0 Å². The minimum atomic E-state index is -0.628. The van der Waals surface area contributed by atoms with Crippen LogP contribution in [0.15, 0.2) is 30.5 Å². The normalized spacial score (nSPS) is 15.8. The van der Waals surface area contributed by atoms with Crippen molar-refractivity contribution in [2.24, 2.45) is 0 Å². The zero-order chi connectivity index (χ0) is 17.6. The molecule has 0 bridgehead atoms. The van der Waals surface area contributed by atoms with Gasteiger partial charge in [0.2, 0.25) is 0 Å². The largest absolute Gasteiger partial charge is 0.387 e. The van der Waals surface area contributed by atoms with E-state index < -0.39 is 6.10 Å². The molecule has 2 aromatic heterocycles. The van der Waals surface area contributed by atoms with Gasteiger partial charge in [-0.2, -0.15) is 5.26 Å². The van der Waals surface area contributed by atoms with Crippen molar-refractivity contribution >= 4 is 28.3 Å². The third kappa shape index (κ3) is 2.80. The molecule has 0 unspecified atom stereocenters. The number of anilines is 1. The topological polar surface area (TPSA) is 90.9 Å². The summed E-state index contributed by atoms with van der Waals surface area (Å²) in [4.78, 5) is 6.73. The van der Waals surface area contributed by atoms with E-state index in [1.165, 1.54) is 0 Å². The molecule has 1 aliphatic heterocycles. The maximum absolute atomic E-state index is 9.54. The van der Waals surface area contributed by atoms with Gasteiger partial charge in [0, 0.05) is 23.5 Å². The average Bonchev–Trinajstić information content (AvgIpc) is 3.03. The van der Waals surface area contributed by atoms with Crippen molar-refractivity contribution in [3.8, 4) is 6.07 Å². The van der Waals surface area contributed by atoms with Crippen LogP contribution in [0.3, 0.4) is 0 Å². The predicted molar refractivity (Wildman–Crippen MR) is 93.4 cm³/mol. The second kappa shape index (κ2) is 5.99. The number of benzene rings is 1. The minimum absolute atomic E-state index is 0.174. The van der Waals surface area contributed by atoms with E-state index in [9.17, 15) is 10.4 Å². The Kier molecular flexibility index (Phi) is 3.79. The van der Waals surface area contributed by atoms with Gasteiger partial charge in [-0.3, -0.25) is 0 Å². The molecule has 7 nitrogen and oxygen atoms in total. The molecule has 1 aliphatic rings. The summed E-state index contributed by atoms with van der Waals surface area (Å²) in [6.07, 6.45) is 1.14. The van der Waals surface area contributed by atoms with Crippen molar-refractivity contribution in [3.05, 3.63) is 46.7 Å². The summed E-state index contributed by atoms with van der Waals surface area (Å²) in [6, 6.07) is 9.54. The Balaban J connectivity index is 1.57. The number of aromatic nitrogens is 4. The van der Waals surface area contributed by atoms with E-state index in [2.05, 4.69) is 26.3 Å². The van der Waals surface area contributed by atoms with Crippen molar-refractivity contribution in [1.29, 1.82) is 5.26 Å². The number of hydrogen-bond donors (Lipinski definition) is 1. The number of pyridine rings is 1. The molecule has 0 radical (unpaired) electrons. The van der Waals surface area contributed by atoms with Gasteiger partial charge in [0.05, 0.1) is 35.5 Å². The third-order valence-electron chi connectivity index (χ3n) is 4.39. The fourth-order valence-corrected chi connectivity index (χ4v) is 3.08. The number of aliphatic hydroxyl groups excluding tert-OH is 1. The SMILES string of the molecule is C[C@@H](O)c1cn(C2CN(c3cc(C#N)c4cc(Cl)ccc4n3)C2)nn1. The highest BCUT2D eigenvalue weighted by molar-refractivity contribution is 6.31. The van der Waals surface area contributed by atoms with Gasteiger partial charge in [-0.1, -0.05) is 16.8 Å². The Morgan fingerprint density at radius 2 is 2.16 bits per heavy atom. The highest BCUT2D eigenvalue weighted by atomic mass is 35.5. The summed E-state index contributed by atoms with van der Waals surface area (Å²) < 4.78 is 1.77. The summed E-state index contributed by atoms with van der Waals surface area (Å²) in [7, 11) is 0. The van der Waals surface area contributed by atoms with Crippen LogP contribution in [0.1, 0.15) is 30.3 Å². The quantitative estimate of drug-likeness (QED) is 0.777. The van der Waals surface area contributed by atoms with Gasteiger partial charge >= 0.3 is 0 Å². The third-order valence-corrected chi connectivity index (χ3v) is 4.63. The summed E-state index contributed by atoms with van der Waals surface area (Å²) >= 11 is 6.02. The second-order valence-electron chi connectivity index (χ2n) is 6.16. The Bertz CT molecular complexity index is 986. The van der Waals surface area contributed by atoms with Crippen LogP contribution in [-0.2, 0) is 0 Å². The summed E-state index contributed by atoms with van der Waals surface area (Å²) in [5.41, 5.74) is 1.87. The molecule has 0 aliphatic carbocycles. The number of aliphatic hydroxyl groups is 1. The maximum atomic E-state index is 9.54. The smallest absolute Gasteiger partial charge is 0.130 e. The molecule has 1 fully saturated rings. The first-order valence-corrected chi connectivity index (χ1v) is 8.28. The summed E-state index contributed by atoms with van der Waals surface area (Å²) in [6.45, 7) is 3.11. The van der Waals surface area contributed by atoms with E-state index in [1.54, 1.807) is 36.0 Å². The fourth-order valence-electron chi connectivity index (χ4n) is 2.91. The van der Waals surface area contributed by atoms with Crippen molar-refractivity contribution < 1.29 is 5.11 Å². The summed E-state index contributed by atoms with van der Waals surface area (Å²) in [5, 5.41) is 28.3. The van der Waals surface area contributed by atoms with Crippen LogP contribution in [0.25, 0.3) is 10.9 Å². The lowest BCUT2D eigenvalue weighted by Gasteiger charge is -2.39. The molecule has 25 heavy (non-hydrogen) atoms. The van der Waals surface area contributed by atoms with Crippen LogP contribution >= 0.6 is 11.6 Å². The van der Waals surface area contributed by atoms with Crippen molar-refractivity contribution in [2.45, 2.75) is 19.1 Å². The number of rotatable bonds is 3. The van der Waals surface area contributed by atoms with Crippen molar-refractivity contribution in [3.63, 3.8) is 0 Å². The summed E-state index contributed by atoms with van der Waals surface area (Å²) in [5.74, 6) is 0.762. The van der Waals surface area contributed by atoms with Crippen LogP contribution in [0, 0.1) is 11.3 Å². The Labute approximate surface area is 149 Å². The number of nitriles is 1. The molecule has 3 heterocycles. The number of hydrogen-bond acceptors (Lipinski definition) is 6. The first-order chi connectivity index (χ1) is 12.0.